The van der Waals surface area contributed by atoms with Gasteiger partial charge in [0, 0.05) is 11.1 Å². The highest BCUT2D eigenvalue weighted by Gasteiger charge is 2.82. The van der Waals surface area contributed by atoms with Crippen LogP contribution >= 0.6 is 0 Å². The first-order chi connectivity index (χ1) is 16.1. The van der Waals surface area contributed by atoms with Gasteiger partial charge in [0.05, 0.1) is 0 Å². The third-order valence-electron chi connectivity index (χ3n) is 5.75. The van der Waals surface area contributed by atoms with Gasteiger partial charge in [-0.05, 0) is 29.2 Å². The third kappa shape index (κ3) is 4.17. The first-order valence-corrected chi connectivity index (χ1v) is 10.3. The van der Waals surface area contributed by atoms with Crippen LogP contribution in [0.3, 0.4) is 0 Å². The van der Waals surface area contributed by atoms with Crippen LogP contribution in [0.2, 0.25) is 0 Å². The number of alkyl halides is 9. The summed E-state index contributed by atoms with van der Waals surface area (Å²) >= 11 is 0. The van der Waals surface area contributed by atoms with Gasteiger partial charge in [0.25, 0.3) is 0 Å². The molecule has 0 fully saturated rings. The van der Waals surface area contributed by atoms with E-state index in [1.165, 1.54) is 73.7 Å². The fraction of sp³-hybridized carbons (Fsp3) is 0.280. The summed E-state index contributed by atoms with van der Waals surface area (Å²) in [6, 6.07) is 16.3. The van der Waals surface area contributed by atoms with E-state index in [1.54, 1.807) is 0 Å². The third-order valence-corrected chi connectivity index (χ3v) is 5.75. The normalized spacial score (nSPS) is 13.7. The predicted molar refractivity (Wildman–Crippen MR) is 111 cm³/mol. The van der Waals surface area contributed by atoms with Crippen molar-refractivity contribution in [2.75, 3.05) is 0 Å². The molecule has 0 saturated carbocycles. The molecule has 3 aromatic rings. The summed E-state index contributed by atoms with van der Waals surface area (Å²) in [6.45, 7) is 1.44. The zero-order valence-corrected chi connectivity index (χ0v) is 18.1. The van der Waals surface area contributed by atoms with Gasteiger partial charge in [-0.15, -0.1) is 0 Å². The fourth-order valence-corrected chi connectivity index (χ4v) is 3.77. The zero-order valence-electron chi connectivity index (χ0n) is 18.1. The van der Waals surface area contributed by atoms with Gasteiger partial charge in [0.2, 0.25) is 0 Å². The molecule has 0 spiro atoms. The minimum Gasteiger partial charge on any atom is -0.376 e. The quantitative estimate of drug-likeness (QED) is 0.261. The van der Waals surface area contributed by atoms with E-state index in [0.717, 1.165) is 6.07 Å². The average Bonchev–Trinajstić information content (AvgIpc) is 2.83. The van der Waals surface area contributed by atoms with E-state index >= 15 is 8.78 Å². The maximum Gasteiger partial charge on any atom is 0.460 e. The highest BCUT2D eigenvalue weighted by Crippen LogP contribution is 2.58. The minimum absolute atomic E-state index is 0.0281. The number of hydrogen-bond acceptors (Lipinski definition) is 1. The maximum atomic E-state index is 15.3. The highest BCUT2D eigenvalue weighted by atomic mass is 19.4. The Bertz CT molecular complexity index is 1120. The molecule has 0 aliphatic rings. The highest BCUT2D eigenvalue weighted by molar-refractivity contribution is 5.52. The van der Waals surface area contributed by atoms with E-state index in [4.69, 9.17) is 0 Å². The second-order valence-electron chi connectivity index (χ2n) is 7.90. The number of rotatable bonds is 7. The number of benzene rings is 3. The molecule has 35 heavy (non-hydrogen) atoms. The van der Waals surface area contributed by atoms with Crippen molar-refractivity contribution in [3.63, 3.8) is 0 Å². The molecule has 0 unspecified atom stereocenters. The van der Waals surface area contributed by atoms with Crippen LogP contribution < -0.4 is 0 Å². The molecule has 0 saturated heterocycles. The van der Waals surface area contributed by atoms with Crippen molar-refractivity contribution in [2.24, 2.45) is 0 Å². The van der Waals surface area contributed by atoms with Crippen LogP contribution in [0.25, 0.3) is 0 Å². The Morgan fingerprint density at radius 3 is 1.46 bits per heavy atom. The Kier molecular flexibility index (Phi) is 6.76. The van der Waals surface area contributed by atoms with Gasteiger partial charge >= 0.3 is 23.9 Å². The Hall–Kier alpha value is -3.01. The summed E-state index contributed by atoms with van der Waals surface area (Å²) in [4.78, 5) is 0. The molecular formula is C25H19F9O. The molecule has 3 rings (SSSR count). The van der Waals surface area contributed by atoms with Crippen LogP contribution in [0.5, 0.6) is 0 Å². The molecule has 0 heterocycles. The summed E-state index contributed by atoms with van der Waals surface area (Å²) in [5.41, 5.74) is -5.65. The van der Waals surface area contributed by atoms with Crippen molar-refractivity contribution in [3.8, 4) is 0 Å². The van der Waals surface area contributed by atoms with Crippen molar-refractivity contribution in [2.45, 2.75) is 42.9 Å². The predicted octanol–water partition coefficient (Wildman–Crippen LogP) is 7.46. The second kappa shape index (κ2) is 8.89. The molecule has 188 valence electrons. The first kappa shape index (κ1) is 26.6. The van der Waals surface area contributed by atoms with Gasteiger partial charge in [-0.2, -0.15) is 39.5 Å². The summed E-state index contributed by atoms with van der Waals surface area (Å²) in [6.07, 6.45) is -6.99. The Labute approximate surface area is 194 Å². The van der Waals surface area contributed by atoms with Crippen LogP contribution in [0, 0.1) is 0 Å². The lowest BCUT2D eigenvalue weighted by Crippen LogP contribution is -2.60. The Morgan fingerprint density at radius 2 is 1.06 bits per heavy atom. The summed E-state index contributed by atoms with van der Waals surface area (Å²) in [5, 5.41) is 11.8. The molecule has 0 atom stereocenters. The lowest BCUT2D eigenvalue weighted by atomic mass is 9.76. The molecule has 1 N–H and O–H groups in total. The number of aryl methyl sites for hydroxylation is 1. The van der Waals surface area contributed by atoms with E-state index in [0.29, 0.717) is 6.07 Å². The topological polar surface area (TPSA) is 20.2 Å². The van der Waals surface area contributed by atoms with E-state index in [2.05, 4.69) is 0 Å². The molecule has 0 radical (unpaired) electrons. The second-order valence-corrected chi connectivity index (χ2v) is 7.90. The SMILES string of the molecule is CCc1ccc(C(O)(c2ccccc2)c2ccccc2)c(C(F)(F)C(F)(F)C(F)(F)C(F)(F)F)c1. The number of hydrogen-bond donors (Lipinski definition) is 1. The standard InChI is InChI=1S/C25H19F9O/c1-2-16-13-14-19(20(15-16)22(26,27)23(28,29)24(30,31)25(32,33)34)21(35,17-9-5-3-6-10-17)18-11-7-4-8-12-18/h3-15,35H,2H2,1H3. The van der Waals surface area contributed by atoms with Gasteiger partial charge in [-0.1, -0.05) is 79.7 Å². The molecule has 3 aromatic carbocycles. The average molecular weight is 506 g/mol. The van der Waals surface area contributed by atoms with Gasteiger partial charge in [-0.3, -0.25) is 0 Å². The first-order valence-electron chi connectivity index (χ1n) is 10.3. The van der Waals surface area contributed by atoms with E-state index in [1.807, 2.05) is 0 Å². The van der Waals surface area contributed by atoms with Crippen LogP contribution in [0.1, 0.15) is 34.7 Å². The van der Waals surface area contributed by atoms with Crippen LogP contribution in [0.15, 0.2) is 78.9 Å². The number of aliphatic hydroxyl groups is 1. The maximum absolute atomic E-state index is 15.3. The largest absolute Gasteiger partial charge is 0.460 e. The fourth-order valence-electron chi connectivity index (χ4n) is 3.77. The van der Waals surface area contributed by atoms with Crippen molar-refractivity contribution in [1.29, 1.82) is 0 Å². The van der Waals surface area contributed by atoms with E-state index < -0.39 is 40.7 Å². The molecule has 1 nitrogen and oxygen atoms in total. The summed E-state index contributed by atoms with van der Waals surface area (Å²) < 4.78 is 125. The van der Waals surface area contributed by atoms with Gasteiger partial charge in [0.1, 0.15) is 5.60 Å². The smallest absolute Gasteiger partial charge is 0.376 e. The molecule has 0 bridgehead atoms. The van der Waals surface area contributed by atoms with Crippen molar-refractivity contribution in [1.82, 2.24) is 0 Å². The van der Waals surface area contributed by atoms with E-state index in [9.17, 15) is 35.8 Å². The van der Waals surface area contributed by atoms with Crippen LogP contribution in [-0.2, 0) is 17.9 Å². The molecule has 0 aliphatic carbocycles. The van der Waals surface area contributed by atoms with Gasteiger partial charge < -0.3 is 5.11 Å². The monoisotopic (exact) mass is 506 g/mol. The van der Waals surface area contributed by atoms with Crippen molar-refractivity contribution < 1.29 is 44.6 Å². The lowest BCUT2D eigenvalue weighted by Gasteiger charge is -2.38. The van der Waals surface area contributed by atoms with E-state index in [-0.39, 0.29) is 23.1 Å². The minimum atomic E-state index is -7.07. The van der Waals surface area contributed by atoms with Crippen molar-refractivity contribution in [3.05, 3.63) is 107 Å². The van der Waals surface area contributed by atoms with Crippen LogP contribution in [0.4, 0.5) is 39.5 Å². The Morgan fingerprint density at radius 1 is 0.600 bits per heavy atom. The molecule has 0 aromatic heterocycles. The molecule has 0 amide bonds. The van der Waals surface area contributed by atoms with Gasteiger partial charge in [0.15, 0.2) is 0 Å². The summed E-state index contributed by atoms with van der Waals surface area (Å²) in [7, 11) is 0. The molecule has 0 aliphatic heterocycles. The Balaban J connectivity index is 2.40. The molecule has 10 heteroatoms. The van der Waals surface area contributed by atoms with Crippen LogP contribution in [-0.4, -0.2) is 23.1 Å². The zero-order chi connectivity index (χ0) is 26.3. The van der Waals surface area contributed by atoms with Gasteiger partial charge in [-0.25, -0.2) is 0 Å². The molecular weight excluding hydrogens is 487 g/mol. The van der Waals surface area contributed by atoms with Crippen molar-refractivity contribution >= 4 is 0 Å². The number of halogens is 9. The lowest BCUT2D eigenvalue weighted by molar-refractivity contribution is -0.399. The summed E-state index contributed by atoms with van der Waals surface area (Å²) in [5.74, 6) is -20.0.